The summed E-state index contributed by atoms with van der Waals surface area (Å²) in [7, 11) is 1.54. The lowest BCUT2D eigenvalue weighted by Crippen LogP contribution is -2.02. The van der Waals surface area contributed by atoms with Crippen molar-refractivity contribution in [3.05, 3.63) is 11.6 Å². The van der Waals surface area contributed by atoms with Crippen molar-refractivity contribution in [1.29, 1.82) is 0 Å². The lowest BCUT2D eigenvalue weighted by Gasteiger charge is -2.12. The maximum Gasteiger partial charge on any atom is 0.231 e. The Morgan fingerprint density at radius 2 is 2.33 bits per heavy atom. The van der Waals surface area contributed by atoms with E-state index < -0.39 is 0 Å². The Kier molecular flexibility index (Phi) is 2.55. The van der Waals surface area contributed by atoms with E-state index in [2.05, 4.69) is 0 Å². The second-order valence-electron chi connectivity index (χ2n) is 3.18. The molecule has 0 bridgehead atoms. The van der Waals surface area contributed by atoms with Gasteiger partial charge >= 0.3 is 0 Å². The quantitative estimate of drug-likeness (QED) is 0.714. The number of aliphatic hydroxyl groups excluding tert-OH is 1. The largest absolute Gasteiger partial charge is 0.494 e. The van der Waals surface area contributed by atoms with E-state index in [1.165, 1.54) is 7.11 Å². The smallest absolute Gasteiger partial charge is 0.231 e. The number of nitrogens with two attached hydrogens (primary N) is 1. The summed E-state index contributed by atoms with van der Waals surface area (Å²) in [4.78, 5) is 0. The van der Waals surface area contributed by atoms with Crippen LogP contribution in [0.2, 0.25) is 0 Å². The molecule has 0 spiro atoms. The van der Waals surface area contributed by atoms with Gasteiger partial charge < -0.3 is 25.1 Å². The highest BCUT2D eigenvalue weighted by Gasteiger charge is 2.23. The number of methoxy groups -OCH3 is 1. The van der Waals surface area contributed by atoms with Gasteiger partial charge in [0.05, 0.1) is 12.8 Å². The minimum atomic E-state index is 0.00711. The Hall–Kier alpha value is -1.62. The van der Waals surface area contributed by atoms with Crippen molar-refractivity contribution < 1.29 is 19.3 Å². The van der Waals surface area contributed by atoms with Crippen molar-refractivity contribution in [2.24, 2.45) is 0 Å². The number of hydrogen-bond donors (Lipinski definition) is 2. The van der Waals surface area contributed by atoms with Gasteiger partial charge in [0.1, 0.15) is 5.75 Å². The van der Waals surface area contributed by atoms with Gasteiger partial charge in [-0.05, 0) is 0 Å². The number of nitrogen functional groups attached to an aromatic ring is 1. The predicted octanol–water partition coefficient (Wildman–Crippen LogP) is 0.541. The molecule has 0 saturated carbocycles. The maximum atomic E-state index is 8.95. The Bertz CT molecular complexity index is 377. The molecule has 1 aromatic rings. The summed E-state index contributed by atoms with van der Waals surface area (Å²) in [6.45, 7) is 0.188. The number of aliphatic hydroxyl groups is 1. The van der Waals surface area contributed by atoms with Crippen LogP contribution in [0.3, 0.4) is 0 Å². The fourth-order valence-electron chi connectivity index (χ4n) is 1.63. The first-order valence-electron chi connectivity index (χ1n) is 4.63. The van der Waals surface area contributed by atoms with E-state index in [1.807, 2.05) is 0 Å². The first-order valence-corrected chi connectivity index (χ1v) is 4.63. The molecule has 0 radical (unpaired) electrons. The van der Waals surface area contributed by atoms with Crippen molar-refractivity contribution in [2.45, 2.75) is 6.42 Å². The molecule has 0 amide bonds. The molecule has 0 aromatic heterocycles. The third-order valence-electron chi connectivity index (χ3n) is 2.35. The van der Waals surface area contributed by atoms with E-state index in [0.29, 0.717) is 29.4 Å². The highest BCUT2D eigenvalue weighted by Crippen LogP contribution is 2.44. The molecule has 1 aromatic carbocycles. The third kappa shape index (κ3) is 1.55. The molecule has 2 rings (SSSR count). The van der Waals surface area contributed by atoms with E-state index in [9.17, 15) is 0 Å². The van der Waals surface area contributed by atoms with E-state index in [4.69, 9.17) is 25.1 Å². The molecule has 0 saturated heterocycles. The van der Waals surface area contributed by atoms with Gasteiger partial charge in [-0.2, -0.15) is 0 Å². The summed E-state index contributed by atoms with van der Waals surface area (Å²) in [5.41, 5.74) is 7.12. The summed E-state index contributed by atoms with van der Waals surface area (Å²) < 4.78 is 15.7. The van der Waals surface area contributed by atoms with E-state index in [0.717, 1.165) is 5.56 Å². The number of ether oxygens (including phenoxy) is 3. The normalized spacial score (nSPS) is 12.9. The zero-order valence-electron chi connectivity index (χ0n) is 8.45. The fourth-order valence-corrected chi connectivity index (χ4v) is 1.63. The van der Waals surface area contributed by atoms with Crippen molar-refractivity contribution in [2.75, 3.05) is 26.2 Å². The van der Waals surface area contributed by atoms with Crippen LogP contribution >= 0.6 is 0 Å². The van der Waals surface area contributed by atoms with Gasteiger partial charge in [-0.25, -0.2) is 0 Å². The van der Waals surface area contributed by atoms with Gasteiger partial charge in [-0.15, -0.1) is 0 Å². The Labute approximate surface area is 87.4 Å². The first-order chi connectivity index (χ1) is 7.27. The molecule has 0 aliphatic carbocycles. The summed E-state index contributed by atoms with van der Waals surface area (Å²) in [5.74, 6) is 1.77. The van der Waals surface area contributed by atoms with Crippen LogP contribution in [0.4, 0.5) is 5.69 Å². The summed E-state index contributed by atoms with van der Waals surface area (Å²) in [6, 6.07) is 1.69. The van der Waals surface area contributed by atoms with Crippen molar-refractivity contribution >= 4 is 5.69 Å². The summed E-state index contributed by atoms with van der Waals surface area (Å²) in [5, 5.41) is 8.95. The van der Waals surface area contributed by atoms with Crippen LogP contribution in [0.5, 0.6) is 17.2 Å². The molecule has 0 unspecified atom stereocenters. The van der Waals surface area contributed by atoms with Crippen LogP contribution in [0.25, 0.3) is 0 Å². The van der Waals surface area contributed by atoms with Gasteiger partial charge in [-0.1, -0.05) is 0 Å². The van der Waals surface area contributed by atoms with Crippen molar-refractivity contribution in [3.63, 3.8) is 0 Å². The Morgan fingerprint density at radius 1 is 1.53 bits per heavy atom. The standard InChI is InChI=1S/C10H13NO4/c1-13-7-4-8-10(15-5-14-8)6(2-3-12)9(7)11/h4,12H,2-3,5,11H2,1H3. The average Bonchev–Trinajstić information content (AvgIpc) is 2.69. The van der Waals surface area contributed by atoms with Gasteiger partial charge in [0.25, 0.3) is 0 Å². The van der Waals surface area contributed by atoms with E-state index in [-0.39, 0.29) is 13.4 Å². The van der Waals surface area contributed by atoms with Crippen LogP contribution < -0.4 is 19.9 Å². The van der Waals surface area contributed by atoms with Crippen molar-refractivity contribution in [3.8, 4) is 17.2 Å². The van der Waals surface area contributed by atoms with Gasteiger partial charge in [0, 0.05) is 24.7 Å². The van der Waals surface area contributed by atoms with Crippen LogP contribution in [-0.2, 0) is 6.42 Å². The lowest BCUT2D eigenvalue weighted by molar-refractivity contribution is 0.172. The van der Waals surface area contributed by atoms with Crippen LogP contribution in [0.15, 0.2) is 6.07 Å². The molecule has 0 atom stereocenters. The van der Waals surface area contributed by atoms with Crippen molar-refractivity contribution in [1.82, 2.24) is 0 Å². The first kappa shape index (κ1) is 9.92. The minimum Gasteiger partial charge on any atom is -0.494 e. The number of benzene rings is 1. The Morgan fingerprint density at radius 3 is 3.00 bits per heavy atom. The van der Waals surface area contributed by atoms with Gasteiger partial charge in [-0.3, -0.25) is 0 Å². The molecule has 15 heavy (non-hydrogen) atoms. The molecule has 1 aliphatic heterocycles. The molecular weight excluding hydrogens is 198 g/mol. The number of rotatable bonds is 3. The number of hydrogen-bond acceptors (Lipinski definition) is 5. The van der Waals surface area contributed by atoms with E-state index in [1.54, 1.807) is 6.07 Å². The third-order valence-corrected chi connectivity index (χ3v) is 2.35. The molecule has 82 valence electrons. The summed E-state index contributed by atoms with van der Waals surface area (Å²) >= 11 is 0. The van der Waals surface area contributed by atoms with Gasteiger partial charge in [0.15, 0.2) is 11.5 Å². The topological polar surface area (TPSA) is 73.9 Å². The zero-order chi connectivity index (χ0) is 10.8. The zero-order valence-corrected chi connectivity index (χ0v) is 8.45. The lowest BCUT2D eigenvalue weighted by atomic mass is 10.1. The summed E-state index contributed by atoms with van der Waals surface area (Å²) in [6.07, 6.45) is 0.425. The maximum absolute atomic E-state index is 8.95. The molecule has 5 heteroatoms. The molecule has 3 N–H and O–H groups in total. The number of fused-ring (bicyclic) bond motifs is 1. The number of anilines is 1. The average molecular weight is 211 g/mol. The second-order valence-corrected chi connectivity index (χ2v) is 3.18. The molecule has 1 aliphatic rings. The Balaban J connectivity index is 2.53. The highest BCUT2D eigenvalue weighted by molar-refractivity contribution is 5.69. The molecular formula is C10H13NO4. The molecule has 5 nitrogen and oxygen atoms in total. The second kappa shape index (κ2) is 3.86. The van der Waals surface area contributed by atoms with Crippen LogP contribution in [0, 0.1) is 0 Å². The highest BCUT2D eigenvalue weighted by atomic mass is 16.7. The molecule has 1 heterocycles. The molecule has 0 fully saturated rings. The monoisotopic (exact) mass is 211 g/mol. The SMILES string of the molecule is COc1cc2c(c(CCO)c1N)OCO2. The minimum absolute atomic E-state index is 0.00711. The van der Waals surface area contributed by atoms with Gasteiger partial charge in [0.2, 0.25) is 6.79 Å². The van der Waals surface area contributed by atoms with Crippen LogP contribution in [-0.4, -0.2) is 25.6 Å². The van der Waals surface area contributed by atoms with E-state index >= 15 is 0 Å². The fraction of sp³-hybridized carbons (Fsp3) is 0.400. The predicted molar refractivity (Wildman–Crippen MR) is 54.3 cm³/mol. The van der Waals surface area contributed by atoms with Crippen LogP contribution in [0.1, 0.15) is 5.56 Å².